The molecule has 5 heteroatoms. The Hall–Kier alpha value is -1.67. The molecule has 2 unspecified atom stereocenters. The molecule has 0 aliphatic heterocycles. The number of nitrogens with zero attached hydrogens (tertiary/aromatic N) is 1. The minimum absolute atomic E-state index is 0.0367. The van der Waals surface area contributed by atoms with Gasteiger partial charge in [0.15, 0.2) is 11.6 Å². The maximum absolute atomic E-state index is 13.5. The lowest BCUT2D eigenvalue weighted by Crippen LogP contribution is -2.46. The second-order valence-electron chi connectivity index (χ2n) is 5.55. The Kier molecular flexibility index (Phi) is 4.24. The molecule has 0 radical (unpaired) electrons. The van der Waals surface area contributed by atoms with Crippen molar-refractivity contribution in [2.45, 2.75) is 50.8 Å². The highest BCUT2D eigenvalue weighted by molar-refractivity contribution is 5.25. The SMILES string of the molecule is CC(C)NC1(C#N)CCC(Oc2ccc(F)cc2F)C1. The zero-order valence-electron chi connectivity index (χ0n) is 11.6. The van der Waals surface area contributed by atoms with Gasteiger partial charge in [-0.1, -0.05) is 0 Å². The lowest BCUT2D eigenvalue weighted by Gasteiger charge is -2.25. The van der Waals surface area contributed by atoms with Crippen LogP contribution in [0.15, 0.2) is 18.2 Å². The van der Waals surface area contributed by atoms with Crippen molar-refractivity contribution in [1.29, 1.82) is 5.26 Å². The zero-order chi connectivity index (χ0) is 14.8. The Morgan fingerprint density at radius 3 is 2.80 bits per heavy atom. The molecule has 20 heavy (non-hydrogen) atoms. The highest BCUT2D eigenvalue weighted by atomic mass is 19.1. The largest absolute Gasteiger partial charge is 0.487 e. The van der Waals surface area contributed by atoms with Crippen molar-refractivity contribution in [3.05, 3.63) is 29.8 Å². The first-order valence-electron chi connectivity index (χ1n) is 6.75. The Morgan fingerprint density at radius 1 is 1.45 bits per heavy atom. The Balaban J connectivity index is 2.04. The van der Waals surface area contributed by atoms with Crippen LogP contribution >= 0.6 is 0 Å². The maximum atomic E-state index is 13.5. The highest BCUT2D eigenvalue weighted by Crippen LogP contribution is 2.33. The Morgan fingerprint density at radius 2 is 2.20 bits per heavy atom. The van der Waals surface area contributed by atoms with Crippen molar-refractivity contribution in [2.24, 2.45) is 0 Å². The Labute approximate surface area is 117 Å². The summed E-state index contributed by atoms with van der Waals surface area (Å²) >= 11 is 0. The van der Waals surface area contributed by atoms with Gasteiger partial charge in [-0.3, -0.25) is 5.32 Å². The number of hydrogen-bond acceptors (Lipinski definition) is 3. The summed E-state index contributed by atoms with van der Waals surface area (Å²) in [5.74, 6) is -1.31. The smallest absolute Gasteiger partial charge is 0.167 e. The van der Waals surface area contributed by atoms with Gasteiger partial charge in [0.1, 0.15) is 17.5 Å². The summed E-state index contributed by atoms with van der Waals surface area (Å²) in [5.41, 5.74) is -0.616. The second-order valence-corrected chi connectivity index (χ2v) is 5.55. The van der Waals surface area contributed by atoms with Gasteiger partial charge in [-0.15, -0.1) is 0 Å². The van der Waals surface area contributed by atoms with Crippen LogP contribution in [0, 0.1) is 23.0 Å². The van der Waals surface area contributed by atoms with Gasteiger partial charge in [0.05, 0.1) is 6.07 Å². The molecule has 1 aliphatic rings. The quantitative estimate of drug-likeness (QED) is 0.921. The third-order valence-electron chi connectivity index (χ3n) is 3.44. The maximum Gasteiger partial charge on any atom is 0.167 e. The van der Waals surface area contributed by atoms with Crippen LogP contribution in [0.25, 0.3) is 0 Å². The molecular formula is C15H18F2N2O. The van der Waals surface area contributed by atoms with Gasteiger partial charge >= 0.3 is 0 Å². The average Bonchev–Trinajstić information content (AvgIpc) is 2.76. The van der Waals surface area contributed by atoms with Crippen LogP contribution in [-0.2, 0) is 0 Å². The van der Waals surface area contributed by atoms with Crippen LogP contribution in [-0.4, -0.2) is 17.7 Å². The molecular weight excluding hydrogens is 262 g/mol. The van der Waals surface area contributed by atoms with Crippen molar-refractivity contribution >= 4 is 0 Å². The summed E-state index contributed by atoms with van der Waals surface area (Å²) < 4.78 is 31.9. The summed E-state index contributed by atoms with van der Waals surface area (Å²) in [6, 6.07) is 5.74. The van der Waals surface area contributed by atoms with E-state index in [-0.39, 0.29) is 17.9 Å². The summed E-state index contributed by atoms with van der Waals surface area (Å²) in [5, 5.41) is 12.6. The first-order valence-corrected chi connectivity index (χ1v) is 6.75. The molecule has 0 heterocycles. The van der Waals surface area contributed by atoms with Crippen molar-refractivity contribution in [1.82, 2.24) is 5.32 Å². The average molecular weight is 280 g/mol. The molecule has 1 N–H and O–H groups in total. The minimum atomic E-state index is -0.712. The van der Waals surface area contributed by atoms with Gasteiger partial charge in [-0.25, -0.2) is 8.78 Å². The first-order chi connectivity index (χ1) is 9.44. The van der Waals surface area contributed by atoms with E-state index in [1.807, 2.05) is 13.8 Å². The fraction of sp³-hybridized carbons (Fsp3) is 0.533. The molecule has 0 saturated heterocycles. The number of hydrogen-bond donors (Lipinski definition) is 1. The lowest BCUT2D eigenvalue weighted by atomic mass is 9.98. The van der Waals surface area contributed by atoms with E-state index in [1.54, 1.807) is 0 Å². The number of nitriles is 1. The number of halogens is 2. The number of nitrogens with one attached hydrogen (secondary N) is 1. The van der Waals surface area contributed by atoms with Crippen molar-refractivity contribution in [3.8, 4) is 11.8 Å². The molecule has 3 nitrogen and oxygen atoms in total. The topological polar surface area (TPSA) is 45.0 Å². The zero-order valence-corrected chi connectivity index (χ0v) is 11.6. The third-order valence-corrected chi connectivity index (χ3v) is 3.44. The number of ether oxygens (including phenoxy) is 1. The fourth-order valence-electron chi connectivity index (χ4n) is 2.67. The molecule has 1 aliphatic carbocycles. The Bertz CT molecular complexity index is 527. The fourth-order valence-corrected chi connectivity index (χ4v) is 2.67. The van der Waals surface area contributed by atoms with Crippen molar-refractivity contribution < 1.29 is 13.5 Å². The summed E-state index contributed by atoms with van der Waals surface area (Å²) in [7, 11) is 0. The summed E-state index contributed by atoms with van der Waals surface area (Å²) in [4.78, 5) is 0. The molecule has 2 rings (SSSR count). The van der Waals surface area contributed by atoms with Gasteiger partial charge in [-0.2, -0.15) is 5.26 Å². The van der Waals surface area contributed by atoms with E-state index in [4.69, 9.17) is 4.74 Å². The van der Waals surface area contributed by atoms with E-state index in [1.165, 1.54) is 6.07 Å². The van der Waals surface area contributed by atoms with Crippen LogP contribution < -0.4 is 10.1 Å². The van der Waals surface area contributed by atoms with E-state index in [9.17, 15) is 14.0 Å². The molecule has 0 bridgehead atoms. The van der Waals surface area contributed by atoms with Gasteiger partial charge in [-0.05, 0) is 38.8 Å². The van der Waals surface area contributed by atoms with Crippen LogP contribution in [0.2, 0.25) is 0 Å². The molecule has 1 fully saturated rings. The van der Waals surface area contributed by atoms with E-state index in [2.05, 4.69) is 11.4 Å². The van der Waals surface area contributed by atoms with Crippen LogP contribution in [0.3, 0.4) is 0 Å². The van der Waals surface area contributed by atoms with Crippen LogP contribution in [0.4, 0.5) is 8.78 Å². The minimum Gasteiger partial charge on any atom is -0.487 e. The normalized spacial score (nSPS) is 25.7. The molecule has 2 atom stereocenters. The molecule has 1 saturated carbocycles. The number of rotatable bonds is 4. The summed E-state index contributed by atoms with van der Waals surface area (Å²) in [6.45, 7) is 3.96. The lowest BCUT2D eigenvalue weighted by molar-refractivity contribution is 0.190. The molecule has 108 valence electrons. The monoisotopic (exact) mass is 280 g/mol. The highest BCUT2D eigenvalue weighted by Gasteiger charge is 2.41. The molecule has 0 aromatic heterocycles. The van der Waals surface area contributed by atoms with Gasteiger partial charge in [0, 0.05) is 18.5 Å². The van der Waals surface area contributed by atoms with Crippen LogP contribution in [0.5, 0.6) is 5.75 Å². The van der Waals surface area contributed by atoms with Crippen molar-refractivity contribution in [3.63, 3.8) is 0 Å². The standard InChI is InChI=1S/C15H18F2N2O/c1-10(2)19-15(9-18)6-5-12(8-15)20-14-4-3-11(16)7-13(14)17/h3-4,7,10,12,19H,5-6,8H2,1-2H3. The number of benzene rings is 1. The van der Waals surface area contributed by atoms with E-state index >= 15 is 0 Å². The second kappa shape index (κ2) is 5.76. The summed E-state index contributed by atoms with van der Waals surface area (Å²) in [6.07, 6.45) is 1.60. The van der Waals surface area contributed by atoms with Gasteiger partial charge in [0.2, 0.25) is 0 Å². The molecule has 1 aromatic rings. The van der Waals surface area contributed by atoms with Crippen LogP contribution in [0.1, 0.15) is 33.1 Å². The predicted octanol–water partition coefficient (Wildman–Crippen LogP) is 3.16. The van der Waals surface area contributed by atoms with Crippen molar-refractivity contribution in [2.75, 3.05) is 0 Å². The van der Waals surface area contributed by atoms with Gasteiger partial charge in [0.25, 0.3) is 0 Å². The molecule has 1 aromatic carbocycles. The molecule has 0 amide bonds. The van der Waals surface area contributed by atoms with Gasteiger partial charge < -0.3 is 4.74 Å². The van der Waals surface area contributed by atoms with E-state index in [0.717, 1.165) is 12.1 Å². The first kappa shape index (κ1) is 14.7. The third kappa shape index (κ3) is 3.26. The predicted molar refractivity (Wildman–Crippen MR) is 71.2 cm³/mol. The molecule has 0 spiro atoms. The van der Waals surface area contributed by atoms with E-state index < -0.39 is 17.2 Å². The van der Waals surface area contributed by atoms with E-state index in [0.29, 0.717) is 19.3 Å².